The normalized spacial score (nSPS) is 17.4. The summed E-state index contributed by atoms with van der Waals surface area (Å²) < 4.78 is 16.1. The summed E-state index contributed by atoms with van der Waals surface area (Å²) in [4.78, 5) is 13.1. The molecule has 0 saturated carbocycles. The summed E-state index contributed by atoms with van der Waals surface area (Å²) in [6.45, 7) is 8.37. The molecule has 1 amide bonds. The van der Waals surface area contributed by atoms with Crippen molar-refractivity contribution in [2.24, 2.45) is 0 Å². The van der Waals surface area contributed by atoms with E-state index in [0.717, 1.165) is 22.6 Å². The highest BCUT2D eigenvalue weighted by Gasteiger charge is 2.28. The van der Waals surface area contributed by atoms with Gasteiger partial charge < -0.3 is 15.2 Å². The number of aromatic nitrogens is 1. The van der Waals surface area contributed by atoms with E-state index in [1.807, 2.05) is 6.08 Å². The van der Waals surface area contributed by atoms with E-state index in [0.29, 0.717) is 10.6 Å². The van der Waals surface area contributed by atoms with Crippen molar-refractivity contribution < 1.29 is 9.18 Å². The average Bonchev–Trinajstić information content (AvgIpc) is 3.18. The van der Waals surface area contributed by atoms with Crippen LogP contribution in [0.3, 0.4) is 0 Å². The number of para-hydroxylation sites is 1. The molecule has 0 aliphatic carbocycles. The van der Waals surface area contributed by atoms with Crippen LogP contribution in [0.5, 0.6) is 0 Å². The van der Waals surface area contributed by atoms with E-state index in [2.05, 4.69) is 67.2 Å². The number of carbonyl (C=O) groups is 1. The molecule has 1 aliphatic rings. The van der Waals surface area contributed by atoms with Gasteiger partial charge in [-0.25, -0.2) is 4.39 Å². The maximum Gasteiger partial charge on any atom is 0.260 e. The second-order valence-corrected chi connectivity index (χ2v) is 8.63. The molecule has 1 aliphatic heterocycles. The summed E-state index contributed by atoms with van der Waals surface area (Å²) in [5.74, 6) is -0.507. The number of halogens is 1. The van der Waals surface area contributed by atoms with E-state index in [4.69, 9.17) is 0 Å². The van der Waals surface area contributed by atoms with Crippen LogP contribution in [0.15, 0.2) is 53.4 Å². The van der Waals surface area contributed by atoms with Crippen molar-refractivity contribution in [2.75, 3.05) is 5.32 Å². The predicted octanol–water partition coefficient (Wildman–Crippen LogP) is 5.45. The quantitative estimate of drug-likeness (QED) is 0.551. The summed E-state index contributed by atoms with van der Waals surface area (Å²) in [6, 6.07) is 14.8. The zero-order valence-electron chi connectivity index (χ0n) is 17.4. The number of rotatable bonds is 4. The Balaban J connectivity index is 1.62. The van der Waals surface area contributed by atoms with Crippen molar-refractivity contribution in [3.8, 4) is 5.69 Å². The van der Waals surface area contributed by atoms with Crippen LogP contribution in [-0.2, 0) is 4.79 Å². The van der Waals surface area contributed by atoms with Gasteiger partial charge in [0.1, 0.15) is 5.82 Å². The molecule has 2 N–H and O–H groups in total. The fourth-order valence-corrected chi connectivity index (χ4v) is 4.68. The third kappa shape index (κ3) is 3.75. The zero-order chi connectivity index (χ0) is 21.4. The van der Waals surface area contributed by atoms with Gasteiger partial charge in [0.05, 0.1) is 10.6 Å². The fraction of sp³-hybridized carbons (Fsp3) is 0.208. The Bertz CT molecular complexity index is 1170. The molecule has 154 valence electrons. The van der Waals surface area contributed by atoms with Crippen molar-refractivity contribution in [1.29, 1.82) is 0 Å². The molecule has 1 atom stereocenters. The van der Waals surface area contributed by atoms with E-state index in [1.165, 1.54) is 29.0 Å². The first kappa shape index (κ1) is 20.3. The Morgan fingerprint density at radius 2 is 1.87 bits per heavy atom. The summed E-state index contributed by atoms with van der Waals surface area (Å²) in [6.07, 6.45) is 1.91. The molecular formula is C24H24FN3OS. The summed E-state index contributed by atoms with van der Waals surface area (Å²) in [5, 5.41) is 5.90. The average molecular weight is 422 g/mol. The standard InChI is InChI=1S/C24H24FN3OS/c1-14-8-7-11-21(16(14)3)28-15(2)12-18(17(28)4)13-22-23(29)27-24(30-22)26-20-10-6-5-9-19(20)25/h5-13,24,26H,1-4H3,(H,27,29)/b22-13-. The van der Waals surface area contributed by atoms with Crippen molar-refractivity contribution in [3.63, 3.8) is 0 Å². The van der Waals surface area contributed by atoms with Crippen LogP contribution in [0.25, 0.3) is 11.8 Å². The first-order valence-corrected chi connectivity index (χ1v) is 10.7. The Kier molecular flexibility index (Phi) is 5.43. The lowest BCUT2D eigenvalue weighted by molar-refractivity contribution is -0.116. The molecule has 1 aromatic heterocycles. The number of anilines is 1. The smallest absolute Gasteiger partial charge is 0.260 e. The fourth-order valence-electron chi connectivity index (χ4n) is 3.71. The van der Waals surface area contributed by atoms with Crippen LogP contribution >= 0.6 is 11.8 Å². The summed E-state index contributed by atoms with van der Waals surface area (Å²) >= 11 is 1.36. The van der Waals surface area contributed by atoms with Gasteiger partial charge in [-0.1, -0.05) is 36.0 Å². The Hall–Kier alpha value is -2.99. The number of hydrogen-bond acceptors (Lipinski definition) is 3. The SMILES string of the molecule is Cc1cccc(-n2c(C)cc(/C=C3\SC(Nc4ccccc4F)NC3=O)c2C)c1C. The Morgan fingerprint density at radius 1 is 1.10 bits per heavy atom. The van der Waals surface area contributed by atoms with Gasteiger partial charge in [-0.05, 0) is 74.7 Å². The Labute approximate surface area is 180 Å². The number of thioether (sulfide) groups is 1. The monoisotopic (exact) mass is 421 g/mol. The van der Waals surface area contributed by atoms with E-state index in [9.17, 15) is 9.18 Å². The largest absolute Gasteiger partial charge is 0.354 e. The molecule has 1 saturated heterocycles. The molecule has 3 aromatic rings. The molecule has 1 fully saturated rings. The molecule has 2 heterocycles. The number of nitrogens with one attached hydrogen (secondary N) is 2. The maximum atomic E-state index is 13.9. The number of hydrogen-bond donors (Lipinski definition) is 2. The number of carbonyl (C=O) groups excluding carboxylic acids is 1. The molecule has 6 heteroatoms. The minimum Gasteiger partial charge on any atom is -0.354 e. The topological polar surface area (TPSA) is 46.1 Å². The first-order chi connectivity index (χ1) is 14.3. The lowest BCUT2D eigenvalue weighted by atomic mass is 10.1. The van der Waals surface area contributed by atoms with Gasteiger partial charge in [0.2, 0.25) is 0 Å². The van der Waals surface area contributed by atoms with Crippen molar-refractivity contribution in [2.45, 2.75) is 33.2 Å². The van der Waals surface area contributed by atoms with E-state index in [1.54, 1.807) is 18.2 Å². The third-order valence-electron chi connectivity index (χ3n) is 5.47. The molecule has 0 radical (unpaired) electrons. The van der Waals surface area contributed by atoms with Crippen molar-refractivity contribution in [3.05, 3.63) is 87.3 Å². The molecule has 4 rings (SSSR count). The lowest BCUT2D eigenvalue weighted by Crippen LogP contribution is -2.31. The predicted molar refractivity (Wildman–Crippen MR) is 122 cm³/mol. The highest BCUT2D eigenvalue weighted by Crippen LogP contribution is 2.33. The van der Waals surface area contributed by atoms with Gasteiger partial charge in [-0.3, -0.25) is 4.79 Å². The molecule has 1 unspecified atom stereocenters. The minimum atomic E-state index is -0.414. The van der Waals surface area contributed by atoms with Crippen LogP contribution in [-0.4, -0.2) is 16.0 Å². The van der Waals surface area contributed by atoms with E-state index >= 15 is 0 Å². The van der Waals surface area contributed by atoms with Gasteiger partial charge in [0.25, 0.3) is 5.91 Å². The second kappa shape index (κ2) is 8.03. The maximum absolute atomic E-state index is 13.9. The van der Waals surface area contributed by atoms with E-state index in [-0.39, 0.29) is 11.7 Å². The van der Waals surface area contributed by atoms with Crippen LogP contribution in [0.2, 0.25) is 0 Å². The van der Waals surface area contributed by atoms with Gasteiger partial charge in [-0.15, -0.1) is 0 Å². The highest BCUT2D eigenvalue weighted by molar-refractivity contribution is 8.05. The minimum absolute atomic E-state index is 0.162. The van der Waals surface area contributed by atoms with Crippen molar-refractivity contribution in [1.82, 2.24) is 9.88 Å². The van der Waals surface area contributed by atoms with E-state index < -0.39 is 5.50 Å². The lowest BCUT2D eigenvalue weighted by Gasteiger charge is -2.14. The van der Waals surface area contributed by atoms with Crippen molar-refractivity contribution >= 4 is 29.4 Å². The molecule has 2 aromatic carbocycles. The number of nitrogens with zero attached hydrogens (tertiary/aromatic N) is 1. The molecular weight excluding hydrogens is 397 g/mol. The summed E-state index contributed by atoms with van der Waals surface area (Å²) in [5.41, 5.74) is 6.76. The Morgan fingerprint density at radius 3 is 2.63 bits per heavy atom. The van der Waals surface area contributed by atoms with Gasteiger partial charge >= 0.3 is 0 Å². The molecule has 4 nitrogen and oxygen atoms in total. The zero-order valence-corrected chi connectivity index (χ0v) is 18.2. The molecule has 30 heavy (non-hydrogen) atoms. The van der Waals surface area contributed by atoms with Gasteiger partial charge in [0.15, 0.2) is 5.50 Å². The third-order valence-corrected chi connectivity index (χ3v) is 6.49. The summed E-state index contributed by atoms with van der Waals surface area (Å²) in [7, 11) is 0. The number of aryl methyl sites for hydroxylation is 2. The van der Waals surface area contributed by atoms with Crippen LogP contribution in [0.1, 0.15) is 28.1 Å². The first-order valence-electron chi connectivity index (χ1n) is 9.81. The molecule has 0 bridgehead atoms. The van der Waals surface area contributed by atoms with Gasteiger partial charge in [-0.2, -0.15) is 0 Å². The second-order valence-electron chi connectivity index (χ2n) is 7.49. The van der Waals surface area contributed by atoms with Gasteiger partial charge in [0, 0.05) is 17.1 Å². The highest BCUT2D eigenvalue weighted by atomic mass is 32.2. The van der Waals surface area contributed by atoms with Crippen LogP contribution in [0.4, 0.5) is 10.1 Å². The van der Waals surface area contributed by atoms with Crippen LogP contribution in [0, 0.1) is 33.5 Å². The number of benzene rings is 2. The molecule has 0 spiro atoms. The number of amides is 1. The van der Waals surface area contributed by atoms with Crippen LogP contribution < -0.4 is 10.6 Å².